The lowest BCUT2D eigenvalue weighted by molar-refractivity contribution is 0.0942. The van der Waals surface area contributed by atoms with Crippen molar-refractivity contribution in [2.24, 2.45) is 0 Å². The van der Waals surface area contributed by atoms with Gasteiger partial charge in [-0.05, 0) is 54.7 Å². The molecule has 1 amide bonds. The van der Waals surface area contributed by atoms with Gasteiger partial charge in [0.1, 0.15) is 0 Å². The highest BCUT2D eigenvalue weighted by Crippen LogP contribution is 2.24. The van der Waals surface area contributed by atoms with Gasteiger partial charge in [-0.2, -0.15) is 15.6 Å². The molecule has 9 heteroatoms. The monoisotopic (exact) mass is 443 g/mol. The van der Waals surface area contributed by atoms with Gasteiger partial charge < -0.3 is 10.2 Å². The molecule has 1 atom stereocenters. The highest BCUT2D eigenvalue weighted by Gasteiger charge is 2.24. The number of hydrogen-bond donors (Lipinski definition) is 1. The van der Waals surface area contributed by atoms with Crippen LogP contribution in [0.2, 0.25) is 5.02 Å². The summed E-state index contributed by atoms with van der Waals surface area (Å²) in [5.41, 5.74) is 1.26. The van der Waals surface area contributed by atoms with E-state index in [0.717, 1.165) is 5.56 Å². The standard InChI is InChI=1S/C19H26ClN3O3S2/c1-5-23(6-2)28(25,26)15-7-8-17(20)16(11-15)19(24)21-12-18(22(3)4)14-9-10-27-13-14/h7-11,13,18H,5-6,12H2,1-4H3,(H,21,24). The Morgan fingerprint density at radius 1 is 1.21 bits per heavy atom. The molecule has 0 saturated carbocycles. The van der Waals surface area contributed by atoms with Crippen molar-refractivity contribution < 1.29 is 13.2 Å². The lowest BCUT2D eigenvalue weighted by Crippen LogP contribution is -2.35. The number of carbonyl (C=O) groups excluding carboxylic acids is 1. The van der Waals surface area contributed by atoms with Crippen LogP contribution in [-0.2, 0) is 10.0 Å². The maximum atomic E-state index is 12.7. The number of sulfonamides is 1. The lowest BCUT2D eigenvalue weighted by atomic mass is 10.1. The molecule has 154 valence electrons. The van der Waals surface area contributed by atoms with E-state index in [0.29, 0.717) is 19.6 Å². The summed E-state index contributed by atoms with van der Waals surface area (Å²) in [6, 6.07) is 6.26. The van der Waals surface area contributed by atoms with Crippen LogP contribution in [0.4, 0.5) is 0 Å². The Balaban J connectivity index is 2.24. The predicted molar refractivity (Wildman–Crippen MR) is 115 cm³/mol. The van der Waals surface area contributed by atoms with Crippen molar-refractivity contribution in [3.05, 3.63) is 51.2 Å². The zero-order valence-electron chi connectivity index (χ0n) is 16.5. The minimum absolute atomic E-state index is 0.0107. The molecule has 6 nitrogen and oxygen atoms in total. The van der Waals surface area contributed by atoms with Gasteiger partial charge in [0.25, 0.3) is 5.91 Å². The lowest BCUT2D eigenvalue weighted by Gasteiger charge is -2.24. The van der Waals surface area contributed by atoms with Gasteiger partial charge >= 0.3 is 0 Å². The predicted octanol–water partition coefficient (Wildman–Crippen LogP) is 3.46. The summed E-state index contributed by atoms with van der Waals surface area (Å²) in [5.74, 6) is -0.399. The third-order valence-corrected chi connectivity index (χ3v) is 7.61. The van der Waals surface area contributed by atoms with Crippen molar-refractivity contribution in [2.75, 3.05) is 33.7 Å². The molecule has 0 aliphatic carbocycles. The van der Waals surface area contributed by atoms with E-state index >= 15 is 0 Å². The Morgan fingerprint density at radius 2 is 1.89 bits per heavy atom. The first-order chi connectivity index (χ1) is 13.2. The van der Waals surface area contributed by atoms with Crippen LogP contribution in [0.5, 0.6) is 0 Å². The molecule has 1 unspecified atom stereocenters. The van der Waals surface area contributed by atoms with Crippen LogP contribution in [0.3, 0.4) is 0 Å². The Kier molecular flexibility index (Phi) is 8.03. The van der Waals surface area contributed by atoms with Gasteiger partial charge in [0.2, 0.25) is 10.0 Å². The van der Waals surface area contributed by atoms with Gasteiger partial charge in [0.05, 0.1) is 21.5 Å². The first-order valence-electron chi connectivity index (χ1n) is 8.98. The number of carbonyl (C=O) groups is 1. The number of likely N-dealkylation sites (N-methyl/N-ethyl adjacent to an activating group) is 1. The van der Waals surface area contributed by atoms with Crippen LogP contribution < -0.4 is 5.32 Å². The summed E-state index contributed by atoms with van der Waals surface area (Å²) in [7, 11) is 0.220. The van der Waals surface area contributed by atoms with Crippen molar-refractivity contribution >= 4 is 38.9 Å². The number of halogens is 1. The number of rotatable bonds is 9. The third kappa shape index (κ3) is 5.12. The first kappa shape index (κ1) is 22.8. The molecule has 1 heterocycles. The van der Waals surface area contributed by atoms with Crippen molar-refractivity contribution in [3.63, 3.8) is 0 Å². The van der Waals surface area contributed by atoms with E-state index < -0.39 is 15.9 Å². The van der Waals surface area contributed by atoms with Crippen LogP contribution in [0, 0.1) is 0 Å². The average Bonchev–Trinajstić information content (AvgIpc) is 3.16. The molecule has 0 saturated heterocycles. The molecular weight excluding hydrogens is 418 g/mol. The highest BCUT2D eigenvalue weighted by atomic mass is 35.5. The van der Waals surface area contributed by atoms with Crippen LogP contribution in [-0.4, -0.2) is 57.3 Å². The number of amides is 1. The average molecular weight is 444 g/mol. The van der Waals surface area contributed by atoms with Gasteiger partial charge in [-0.1, -0.05) is 25.4 Å². The van der Waals surface area contributed by atoms with E-state index in [2.05, 4.69) is 5.32 Å². The summed E-state index contributed by atoms with van der Waals surface area (Å²) in [4.78, 5) is 14.8. The Bertz CT molecular complexity index is 895. The first-order valence-corrected chi connectivity index (χ1v) is 11.7. The Hall–Kier alpha value is -1.45. The highest BCUT2D eigenvalue weighted by molar-refractivity contribution is 7.89. The Labute approximate surface area is 176 Å². The van der Waals surface area contributed by atoms with E-state index in [-0.39, 0.29) is 21.5 Å². The van der Waals surface area contributed by atoms with Gasteiger partial charge in [0.15, 0.2) is 0 Å². The molecule has 2 rings (SSSR count). The number of hydrogen-bond acceptors (Lipinski definition) is 5. The molecule has 1 N–H and O–H groups in total. The maximum absolute atomic E-state index is 12.7. The van der Waals surface area contributed by atoms with Crippen molar-refractivity contribution in [2.45, 2.75) is 24.8 Å². The Morgan fingerprint density at radius 3 is 2.43 bits per heavy atom. The fraction of sp³-hybridized carbons (Fsp3) is 0.421. The van der Waals surface area contributed by atoms with Gasteiger partial charge in [-0.15, -0.1) is 0 Å². The zero-order valence-corrected chi connectivity index (χ0v) is 18.9. The summed E-state index contributed by atoms with van der Waals surface area (Å²) in [6.45, 7) is 4.64. The summed E-state index contributed by atoms with van der Waals surface area (Å²) < 4.78 is 26.8. The van der Waals surface area contributed by atoms with Crippen LogP contribution >= 0.6 is 22.9 Å². The van der Waals surface area contributed by atoms with E-state index in [1.807, 2.05) is 35.8 Å². The van der Waals surface area contributed by atoms with Crippen LogP contribution in [0.15, 0.2) is 39.9 Å². The quantitative estimate of drug-likeness (QED) is 0.644. The molecule has 0 aliphatic heterocycles. The molecule has 1 aromatic heterocycles. The van der Waals surface area contributed by atoms with Crippen LogP contribution in [0.1, 0.15) is 35.8 Å². The second kappa shape index (κ2) is 9.84. The topological polar surface area (TPSA) is 69.7 Å². The van der Waals surface area contributed by atoms with E-state index in [1.165, 1.54) is 22.5 Å². The molecular formula is C19H26ClN3O3S2. The maximum Gasteiger partial charge on any atom is 0.252 e. The normalized spacial score (nSPS) is 13.1. The summed E-state index contributed by atoms with van der Waals surface area (Å²) in [6.07, 6.45) is 0. The number of nitrogens with one attached hydrogen (secondary N) is 1. The fourth-order valence-electron chi connectivity index (χ4n) is 2.90. The van der Waals surface area contributed by atoms with Gasteiger partial charge in [-0.25, -0.2) is 8.42 Å². The van der Waals surface area contributed by atoms with Gasteiger partial charge in [-0.3, -0.25) is 4.79 Å². The number of benzene rings is 1. The largest absolute Gasteiger partial charge is 0.350 e. The third-order valence-electron chi connectivity index (χ3n) is 4.53. The molecule has 1 aromatic carbocycles. The minimum Gasteiger partial charge on any atom is -0.350 e. The number of thiophene rings is 1. The van der Waals surface area contributed by atoms with E-state index in [1.54, 1.807) is 25.2 Å². The van der Waals surface area contributed by atoms with E-state index in [4.69, 9.17) is 11.6 Å². The molecule has 0 aliphatic rings. The van der Waals surface area contributed by atoms with Crippen LogP contribution in [0.25, 0.3) is 0 Å². The van der Waals surface area contributed by atoms with Crippen molar-refractivity contribution in [3.8, 4) is 0 Å². The molecule has 0 spiro atoms. The molecule has 28 heavy (non-hydrogen) atoms. The van der Waals surface area contributed by atoms with E-state index in [9.17, 15) is 13.2 Å². The second-order valence-electron chi connectivity index (χ2n) is 6.48. The summed E-state index contributed by atoms with van der Waals surface area (Å²) in [5, 5.41) is 7.13. The molecule has 0 radical (unpaired) electrons. The van der Waals surface area contributed by atoms with Crippen molar-refractivity contribution in [1.82, 2.24) is 14.5 Å². The molecule has 0 bridgehead atoms. The molecule has 0 fully saturated rings. The second-order valence-corrected chi connectivity index (χ2v) is 9.60. The summed E-state index contributed by atoms with van der Waals surface area (Å²) >= 11 is 7.79. The van der Waals surface area contributed by atoms with Gasteiger partial charge in [0, 0.05) is 19.6 Å². The smallest absolute Gasteiger partial charge is 0.252 e. The minimum atomic E-state index is -3.67. The molecule has 2 aromatic rings. The fourth-order valence-corrected chi connectivity index (χ4v) is 5.29. The SMILES string of the molecule is CCN(CC)S(=O)(=O)c1ccc(Cl)c(C(=O)NCC(c2ccsc2)N(C)C)c1. The zero-order chi connectivity index (χ0) is 20.9. The van der Waals surface area contributed by atoms with Crippen molar-refractivity contribution in [1.29, 1.82) is 0 Å². The number of nitrogens with zero attached hydrogens (tertiary/aromatic N) is 2.